The quantitative estimate of drug-likeness (QED) is 0.619. The highest BCUT2D eigenvalue weighted by atomic mass is 16.5. The van der Waals surface area contributed by atoms with E-state index in [1.54, 1.807) is 0 Å². The summed E-state index contributed by atoms with van der Waals surface area (Å²) in [5, 5.41) is 10.3. The smallest absolute Gasteiger partial charge is 0.0880 e. The highest BCUT2D eigenvalue weighted by Crippen LogP contribution is 2.58. The summed E-state index contributed by atoms with van der Waals surface area (Å²) in [6, 6.07) is 0. The van der Waals surface area contributed by atoms with Crippen molar-refractivity contribution in [1.82, 2.24) is 0 Å². The Kier molecular flexibility index (Phi) is 1.88. The van der Waals surface area contributed by atoms with E-state index in [1.165, 1.54) is 18.4 Å². The summed E-state index contributed by atoms with van der Waals surface area (Å²) in [4.78, 5) is 0. The van der Waals surface area contributed by atoms with Crippen molar-refractivity contribution < 1.29 is 9.84 Å². The molecule has 2 nitrogen and oxygen atoms in total. The average Bonchev–Trinajstić information content (AvgIpc) is 2.69. The Morgan fingerprint density at radius 1 is 1.47 bits per heavy atom. The van der Waals surface area contributed by atoms with Gasteiger partial charge in [0, 0.05) is 5.41 Å². The van der Waals surface area contributed by atoms with E-state index in [-0.39, 0.29) is 6.10 Å². The molecular weight excluding hydrogens is 188 g/mol. The van der Waals surface area contributed by atoms with Gasteiger partial charge in [-0.3, -0.25) is 0 Å². The zero-order chi connectivity index (χ0) is 10.7. The molecule has 2 heteroatoms. The van der Waals surface area contributed by atoms with Gasteiger partial charge < -0.3 is 9.84 Å². The summed E-state index contributed by atoms with van der Waals surface area (Å²) in [6.45, 7) is 6.98. The van der Waals surface area contributed by atoms with Crippen LogP contribution >= 0.6 is 0 Å². The molecule has 84 valence electrons. The van der Waals surface area contributed by atoms with Crippen molar-refractivity contribution in [2.75, 3.05) is 6.61 Å². The van der Waals surface area contributed by atoms with Gasteiger partial charge in [-0.25, -0.2) is 0 Å². The first kappa shape index (κ1) is 9.86. The van der Waals surface area contributed by atoms with Crippen molar-refractivity contribution in [2.45, 2.75) is 50.7 Å². The fourth-order valence-corrected chi connectivity index (χ4v) is 3.87. The number of hydrogen-bond acceptors (Lipinski definition) is 2. The van der Waals surface area contributed by atoms with Gasteiger partial charge in [-0.2, -0.15) is 0 Å². The molecule has 2 aliphatic carbocycles. The summed E-state index contributed by atoms with van der Waals surface area (Å²) in [5.74, 6) is 0.608. The van der Waals surface area contributed by atoms with Crippen LogP contribution in [0.5, 0.6) is 0 Å². The van der Waals surface area contributed by atoms with E-state index in [4.69, 9.17) is 4.74 Å². The van der Waals surface area contributed by atoms with Gasteiger partial charge in [0.25, 0.3) is 0 Å². The molecular formula is C13H20O2. The van der Waals surface area contributed by atoms with Gasteiger partial charge in [0.05, 0.1) is 18.3 Å². The second-order valence-electron chi connectivity index (χ2n) is 5.97. The molecule has 0 amide bonds. The minimum atomic E-state index is -0.617. The molecule has 3 rings (SSSR count). The molecule has 0 radical (unpaired) electrons. The SMILES string of the molecule is C=C1CC[C@]23CO[C@H](C2)[C@](C)(O)CC[C@@H]13. The first-order valence-corrected chi connectivity index (χ1v) is 6.05. The zero-order valence-electron chi connectivity index (χ0n) is 9.46. The number of allylic oxidation sites excluding steroid dienone is 1. The minimum absolute atomic E-state index is 0.0633. The van der Waals surface area contributed by atoms with Gasteiger partial charge in [0.2, 0.25) is 0 Å². The largest absolute Gasteiger partial charge is 0.387 e. The third-order valence-electron chi connectivity index (χ3n) is 4.97. The van der Waals surface area contributed by atoms with Crippen molar-refractivity contribution in [2.24, 2.45) is 11.3 Å². The number of hydrogen-bond donors (Lipinski definition) is 1. The van der Waals surface area contributed by atoms with Gasteiger partial charge in [-0.15, -0.1) is 0 Å². The third kappa shape index (κ3) is 1.24. The van der Waals surface area contributed by atoms with Crippen LogP contribution in [0, 0.1) is 11.3 Å². The lowest BCUT2D eigenvalue weighted by atomic mass is 9.75. The molecule has 2 saturated carbocycles. The molecule has 1 saturated heterocycles. The van der Waals surface area contributed by atoms with Crippen LogP contribution in [0.25, 0.3) is 0 Å². The molecule has 0 aromatic heterocycles. The van der Waals surface area contributed by atoms with Gasteiger partial charge in [0.15, 0.2) is 0 Å². The fraction of sp³-hybridized carbons (Fsp3) is 0.846. The van der Waals surface area contributed by atoms with Crippen molar-refractivity contribution in [1.29, 1.82) is 0 Å². The minimum Gasteiger partial charge on any atom is -0.387 e. The van der Waals surface area contributed by atoms with E-state index < -0.39 is 5.60 Å². The van der Waals surface area contributed by atoms with E-state index in [0.29, 0.717) is 11.3 Å². The molecule has 3 aliphatic rings. The van der Waals surface area contributed by atoms with Crippen LogP contribution in [0.3, 0.4) is 0 Å². The Morgan fingerprint density at radius 2 is 2.27 bits per heavy atom. The van der Waals surface area contributed by atoms with Crippen LogP contribution in [-0.2, 0) is 4.74 Å². The number of fused-ring (bicyclic) bond motifs is 1. The zero-order valence-corrected chi connectivity index (χ0v) is 9.46. The van der Waals surface area contributed by atoms with Crippen molar-refractivity contribution in [3.8, 4) is 0 Å². The second-order valence-corrected chi connectivity index (χ2v) is 5.97. The van der Waals surface area contributed by atoms with Gasteiger partial charge in [-0.05, 0) is 44.9 Å². The third-order valence-corrected chi connectivity index (χ3v) is 4.97. The van der Waals surface area contributed by atoms with Crippen molar-refractivity contribution >= 4 is 0 Å². The molecule has 1 N–H and O–H groups in total. The predicted octanol–water partition coefficient (Wildman–Crippen LogP) is 2.27. The van der Waals surface area contributed by atoms with Crippen molar-refractivity contribution in [3.63, 3.8) is 0 Å². The molecule has 0 aromatic rings. The maximum absolute atomic E-state index is 10.3. The van der Waals surface area contributed by atoms with Crippen LogP contribution in [0.4, 0.5) is 0 Å². The molecule has 2 bridgehead atoms. The molecule has 4 atom stereocenters. The molecule has 3 fully saturated rings. The second kappa shape index (κ2) is 2.86. The fourth-order valence-electron chi connectivity index (χ4n) is 3.87. The molecule has 1 aliphatic heterocycles. The maximum atomic E-state index is 10.3. The highest BCUT2D eigenvalue weighted by molar-refractivity contribution is 5.19. The Hall–Kier alpha value is -0.340. The molecule has 15 heavy (non-hydrogen) atoms. The molecule has 0 aromatic carbocycles. The van der Waals surface area contributed by atoms with Crippen LogP contribution in [0.2, 0.25) is 0 Å². The van der Waals surface area contributed by atoms with Gasteiger partial charge >= 0.3 is 0 Å². The van der Waals surface area contributed by atoms with Crippen molar-refractivity contribution in [3.05, 3.63) is 12.2 Å². The maximum Gasteiger partial charge on any atom is 0.0880 e. The number of ether oxygens (including phenoxy) is 1. The Morgan fingerprint density at radius 3 is 3.07 bits per heavy atom. The highest BCUT2D eigenvalue weighted by Gasteiger charge is 2.56. The average molecular weight is 208 g/mol. The normalized spacial score (nSPS) is 54.1. The topological polar surface area (TPSA) is 29.5 Å². The summed E-state index contributed by atoms with van der Waals surface area (Å²) < 4.78 is 5.83. The lowest BCUT2D eigenvalue weighted by Crippen LogP contribution is -2.38. The van der Waals surface area contributed by atoms with E-state index >= 15 is 0 Å². The van der Waals surface area contributed by atoms with E-state index in [0.717, 1.165) is 25.9 Å². The van der Waals surface area contributed by atoms with Crippen LogP contribution < -0.4 is 0 Å². The summed E-state index contributed by atoms with van der Waals surface area (Å²) in [6.07, 6.45) is 5.47. The Balaban J connectivity index is 1.97. The number of aliphatic hydroxyl groups is 1. The van der Waals surface area contributed by atoms with Crippen LogP contribution in [-0.4, -0.2) is 23.4 Å². The first-order chi connectivity index (χ1) is 7.04. The van der Waals surface area contributed by atoms with E-state index in [1.807, 2.05) is 6.92 Å². The summed E-state index contributed by atoms with van der Waals surface area (Å²) >= 11 is 0. The van der Waals surface area contributed by atoms with Gasteiger partial charge in [-0.1, -0.05) is 12.2 Å². The first-order valence-electron chi connectivity index (χ1n) is 6.05. The molecule has 1 heterocycles. The van der Waals surface area contributed by atoms with E-state index in [2.05, 4.69) is 6.58 Å². The van der Waals surface area contributed by atoms with E-state index in [9.17, 15) is 5.11 Å². The molecule has 1 spiro atoms. The Bertz CT molecular complexity index is 308. The predicted molar refractivity (Wildman–Crippen MR) is 58.5 cm³/mol. The standard InChI is InChI=1S/C13H20O2/c1-9-3-6-13-7-11(15-8-13)12(2,14)5-4-10(9)13/h10-11,14H,1,3-8H2,2H3/t10-,11+,12+,13+/m0/s1. The lowest BCUT2D eigenvalue weighted by molar-refractivity contribution is -0.0837. The number of rotatable bonds is 0. The lowest BCUT2D eigenvalue weighted by Gasteiger charge is -2.31. The summed E-state index contributed by atoms with van der Waals surface area (Å²) in [5.41, 5.74) is 1.12. The molecule has 0 unspecified atom stereocenters. The Labute approximate surface area is 91.3 Å². The summed E-state index contributed by atoms with van der Waals surface area (Å²) in [7, 11) is 0. The van der Waals surface area contributed by atoms with Crippen LogP contribution in [0.1, 0.15) is 39.0 Å². The van der Waals surface area contributed by atoms with Crippen LogP contribution in [0.15, 0.2) is 12.2 Å². The monoisotopic (exact) mass is 208 g/mol. The van der Waals surface area contributed by atoms with Gasteiger partial charge in [0.1, 0.15) is 0 Å².